The van der Waals surface area contributed by atoms with Crippen LogP contribution in [0.25, 0.3) is 0 Å². The van der Waals surface area contributed by atoms with Gasteiger partial charge in [-0.1, -0.05) is 15.9 Å². The molecule has 0 radical (unpaired) electrons. The average Bonchev–Trinajstić information content (AvgIpc) is 3.12. The van der Waals surface area contributed by atoms with Gasteiger partial charge in [-0.3, -0.25) is 9.59 Å². The molecule has 1 aliphatic rings. The fourth-order valence-corrected chi connectivity index (χ4v) is 3.08. The van der Waals surface area contributed by atoms with Gasteiger partial charge in [0, 0.05) is 49.2 Å². The number of likely N-dealkylation sites (N-methyl/N-ethyl adjacent to an activating group) is 1. The summed E-state index contributed by atoms with van der Waals surface area (Å²) >= 11 is 3.35. The molecule has 1 aromatic rings. The van der Waals surface area contributed by atoms with Crippen molar-refractivity contribution in [1.29, 1.82) is 0 Å². The lowest BCUT2D eigenvalue weighted by Crippen LogP contribution is -2.42. The van der Waals surface area contributed by atoms with Crippen molar-refractivity contribution >= 4 is 27.7 Å². The second kappa shape index (κ2) is 10.6. The summed E-state index contributed by atoms with van der Waals surface area (Å²) in [6.07, 6.45) is 2.50. The first kappa shape index (κ1) is 20.9. The molecule has 6 nitrogen and oxygen atoms in total. The molecular formula is C19H28BrN3O3. The first-order valence-electron chi connectivity index (χ1n) is 9.03. The van der Waals surface area contributed by atoms with Gasteiger partial charge >= 0.3 is 0 Å². The van der Waals surface area contributed by atoms with Gasteiger partial charge in [0.25, 0.3) is 5.91 Å². The molecule has 1 N–H and O–H groups in total. The normalized spacial score (nSPS) is 16.7. The van der Waals surface area contributed by atoms with Gasteiger partial charge in [-0.15, -0.1) is 0 Å². The number of nitrogens with one attached hydrogen (secondary N) is 1. The number of amides is 2. The number of carbonyl (C=O) groups excluding carboxylic acids is 2. The first-order chi connectivity index (χ1) is 12.5. The summed E-state index contributed by atoms with van der Waals surface area (Å²) in [7, 11) is 3.99. The molecule has 0 spiro atoms. The molecule has 0 aromatic heterocycles. The Labute approximate surface area is 164 Å². The lowest BCUT2D eigenvalue weighted by molar-refractivity contribution is -0.132. The number of ether oxygens (including phenoxy) is 1. The molecule has 2 amide bonds. The molecule has 1 aromatic carbocycles. The van der Waals surface area contributed by atoms with E-state index in [1.54, 1.807) is 12.1 Å². The third-order valence-electron chi connectivity index (χ3n) is 4.35. The second-order valence-corrected chi connectivity index (χ2v) is 7.71. The Kier molecular flexibility index (Phi) is 8.54. The SMILES string of the molecule is CN(C)CCN(C[C@@H]1CCCO1)C(=O)CCNC(=O)c1ccc(Br)cc1. The van der Waals surface area contributed by atoms with Crippen molar-refractivity contribution in [2.45, 2.75) is 25.4 Å². The second-order valence-electron chi connectivity index (χ2n) is 6.79. The van der Waals surface area contributed by atoms with E-state index >= 15 is 0 Å². The predicted molar refractivity (Wildman–Crippen MR) is 105 cm³/mol. The Morgan fingerprint density at radius 1 is 1.23 bits per heavy atom. The Bertz CT molecular complexity index is 586. The van der Waals surface area contributed by atoms with Crippen LogP contribution in [-0.2, 0) is 9.53 Å². The molecular weight excluding hydrogens is 398 g/mol. The minimum absolute atomic E-state index is 0.0541. The van der Waals surface area contributed by atoms with Crippen LogP contribution in [0, 0.1) is 0 Å². The van der Waals surface area contributed by atoms with E-state index in [2.05, 4.69) is 26.1 Å². The Hall–Kier alpha value is -1.44. The fourth-order valence-electron chi connectivity index (χ4n) is 2.82. The van der Waals surface area contributed by atoms with Crippen molar-refractivity contribution in [3.8, 4) is 0 Å². The van der Waals surface area contributed by atoms with E-state index in [1.807, 2.05) is 31.1 Å². The van der Waals surface area contributed by atoms with Crippen molar-refractivity contribution in [1.82, 2.24) is 15.1 Å². The molecule has 0 unspecified atom stereocenters. The van der Waals surface area contributed by atoms with Crippen LogP contribution in [0.1, 0.15) is 29.6 Å². The van der Waals surface area contributed by atoms with Gasteiger partial charge < -0.3 is 19.9 Å². The maximum atomic E-state index is 12.6. The Balaban J connectivity index is 1.80. The van der Waals surface area contributed by atoms with Crippen LogP contribution in [0.3, 0.4) is 0 Å². The average molecular weight is 426 g/mol. The topological polar surface area (TPSA) is 61.9 Å². The van der Waals surface area contributed by atoms with E-state index in [-0.39, 0.29) is 17.9 Å². The molecule has 1 saturated heterocycles. The highest BCUT2D eigenvalue weighted by Crippen LogP contribution is 2.14. The van der Waals surface area contributed by atoms with Crippen molar-refractivity contribution in [2.75, 3.05) is 46.9 Å². The zero-order valence-electron chi connectivity index (χ0n) is 15.5. The number of hydrogen-bond acceptors (Lipinski definition) is 4. The standard InChI is InChI=1S/C19H28BrN3O3/c1-22(2)11-12-23(14-17-4-3-13-26-17)18(24)9-10-21-19(25)15-5-7-16(20)8-6-15/h5-8,17H,3-4,9-14H2,1-2H3,(H,21,25)/t17-/m0/s1. The molecule has 7 heteroatoms. The highest BCUT2D eigenvalue weighted by Gasteiger charge is 2.22. The quantitative estimate of drug-likeness (QED) is 0.658. The van der Waals surface area contributed by atoms with Gasteiger partial charge in [0.1, 0.15) is 0 Å². The highest BCUT2D eigenvalue weighted by atomic mass is 79.9. The van der Waals surface area contributed by atoms with Crippen LogP contribution in [0.15, 0.2) is 28.7 Å². The molecule has 26 heavy (non-hydrogen) atoms. The first-order valence-corrected chi connectivity index (χ1v) is 9.83. The Morgan fingerprint density at radius 2 is 1.96 bits per heavy atom. The predicted octanol–water partition coefficient (Wildman–Crippen LogP) is 2.14. The molecule has 0 aliphatic carbocycles. The van der Waals surface area contributed by atoms with E-state index < -0.39 is 0 Å². The van der Waals surface area contributed by atoms with E-state index in [9.17, 15) is 9.59 Å². The van der Waals surface area contributed by atoms with Gasteiger partial charge in [-0.2, -0.15) is 0 Å². The summed E-state index contributed by atoms with van der Waals surface area (Å²) in [5, 5.41) is 2.82. The summed E-state index contributed by atoms with van der Waals surface area (Å²) in [5.74, 6) is -0.109. The maximum absolute atomic E-state index is 12.6. The minimum Gasteiger partial charge on any atom is -0.376 e. The lowest BCUT2D eigenvalue weighted by Gasteiger charge is -2.27. The van der Waals surface area contributed by atoms with E-state index in [0.29, 0.717) is 31.6 Å². The van der Waals surface area contributed by atoms with Crippen LogP contribution in [0.2, 0.25) is 0 Å². The van der Waals surface area contributed by atoms with Gasteiger partial charge in [-0.05, 0) is 51.2 Å². The molecule has 144 valence electrons. The molecule has 1 aliphatic heterocycles. The molecule has 1 atom stereocenters. The molecule has 0 saturated carbocycles. The number of hydrogen-bond donors (Lipinski definition) is 1. The number of nitrogens with zero attached hydrogens (tertiary/aromatic N) is 2. The number of halogens is 1. The summed E-state index contributed by atoms with van der Waals surface area (Å²) in [6.45, 7) is 3.23. The van der Waals surface area contributed by atoms with Gasteiger partial charge in [-0.25, -0.2) is 0 Å². The smallest absolute Gasteiger partial charge is 0.251 e. The third-order valence-corrected chi connectivity index (χ3v) is 4.88. The van der Waals surface area contributed by atoms with Crippen molar-refractivity contribution in [3.05, 3.63) is 34.3 Å². The van der Waals surface area contributed by atoms with Gasteiger partial charge in [0.2, 0.25) is 5.91 Å². The van der Waals surface area contributed by atoms with E-state index in [4.69, 9.17) is 4.74 Å². The summed E-state index contributed by atoms with van der Waals surface area (Å²) in [4.78, 5) is 28.6. The van der Waals surface area contributed by atoms with E-state index in [0.717, 1.165) is 30.5 Å². The van der Waals surface area contributed by atoms with Crippen LogP contribution < -0.4 is 5.32 Å². The summed E-state index contributed by atoms with van der Waals surface area (Å²) < 4.78 is 6.60. The molecule has 2 rings (SSSR count). The molecule has 0 bridgehead atoms. The largest absolute Gasteiger partial charge is 0.376 e. The summed E-state index contributed by atoms with van der Waals surface area (Å²) in [6, 6.07) is 7.15. The van der Waals surface area contributed by atoms with E-state index in [1.165, 1.54) is 0 Å². The monoisotopic (exact) mass is 425 g/mol. The van der Waals surface area contributed by atoms with Crippen LogP contribution in [0.5, 0.6) is 0 Å². The Morgan fingerprint density at radius 3 is 2.58 bits per heavy atom. The van der Waals surface area contributed by atoms with Crippen molar-refractivity contribution in [3.63, 3.8) is 0 Å². The van der Waals surface area contributed by atoms with Crippen LogP contribution >= 0.6 is 15.9 Å². The van der Waals surface area contributed by atoms with Crippen LogP contribution in [-0.4, -0.2) is 74.6 Å². The third kappa shape index (κ3) is 7.05. The number of rotatable bonds is 9. The maximum Gasteiger partial charge on any atom is 0.251 e. The number of carbonyl (C=O) groups is 2. The molecule has 1 heterocycles. The van der Waals surface area contributed by atoms with Gasteiger partial charge in [0.05, 0.1) is 6.10 Å². The molecule has 1 fully saturated rings. The summed E-state index contributed by atoms with van der Waals surface area (Å²) in [5.41, 5.74) is 0.587. The zero-order chi connectivity index (χ0) is 18.9. The minimum atomic E-state index is -0.163. The lowest BCUT2D eigenvalue weighted by atomic mass is 10.2. The van der Waals surface area contributed by atoms with Crippen LogP contribution in [0.4, 0.5) is 0 Å². The van der Waals surface area contributed by atoms with Crippen molar-refractivity contribution < 1.29 is 14.3 Å². The van der Waals surface area contributed by atoms with Crippen molar-refractivity contribution in [2.24, 2.45) is 0 Å². The highest BCUT2D eigenvalue weighted by molar-refractivity contribution is 9.10. The zero-order valence-corrected chi connectivity index (χ0v) is 17.1. The number of benzene rings is 1. The van der Waals surface area contributed by atoms with Gasteiger partial charge in [0.15, 0.2) is 0 Å². The fraction of sp³-hybridized carbons (Fsp3) is 0.579.